The summed E-state index contributed by atoms with van der Waals surface area (Å²) in [7, 11) is 1.91. The first-order valence-electron chi connectivity index (χ1n) is 5.53. The largest absolute Gasteiger partial charge is 0.480 e. The number of rotatable bonds is 5. The third-order valence-corrected chi connectivity index (χ3v) is 4.54. The Balaban J connectivity index is 2.10. The number of aryl methyl sites for hydroxylation is 1. The molecular formula is C11H14N4O2S2. The first kappa shape index (κ1) is 13.9. The van der Waals surface area contributed by atoms with E-state index in [9.17, 15) is 4.79 Å². The van der Waals surface area contributed by atoms with Gasteiger partial charge in [-0.15, -0.1) is 22.7 Å². The van der Waals surface area contributed by atoms with Crippen molar-refractivity contribution in [1.82, 2.24) is 9.97 Å². The minimum atomic E-state index is -1.07. The topological polar surface area (TPSA) is 92.3 Å². The van der Waals surface area contributed by atoms with Gasteiger partial charge < -0.3 is 15.7 Å². The van der Waals surface area contributed by atoms with Gasteiger partial charge in [-0.1, -0.05) is 0 Å². The molecule has 0 fully saturated rings. The molecule has 0 amide bonds. The van der Waals surface area contributed by atoms with E-state index < -0.39 is 12.0 Å². The van der Waals surface area contributed by atoms with Crippen molar-refractivity contribution in [2.24, 2.45) is 5.73 Å². The number of nitrogens with zero attached hydrogens (tertiary/aromatic N) is 3. The zero-order valence-electron chi connectivity index (χ0n) is 10.5. The number of anilines is 1. The molecule has 0 aliphatic rings. The average molecular weight is 298 g/mol. The molecule has 0 aliphatic carbocycles. The van der Waals surface area contributed by atoms with Crippen molar-refractivity contribution < 1.29 is 9.90 Å². The van der Waals surface area contributed by atoms with E-state index in [0.29, 0.717) is 12.2 Å². The van der Waals surface area contributed by atoms with E-state index in [0.717, 1.165) is 10.8 Å². The molecule has 2 aromatic rings. The molecule has 19 heavy (non-hydrogen) atoms. The number of carboxylic acid groups (broad SMARTS) is 1. The quantitative estimate of drug-likeness (QED) is 0.871. The van der Waals surface area contributed by atoms with Crippen LogP contribution in [0.15, 0.2) is 10.9 Å². The van der Waals surface area contributed by atoms with Crippen molar-refractivity contribution in [3.63, 3.8) is 0 Å². The highest BCUT2D eigenvalue weighted by Crippen LogP contribution is 2.25. The fourth-order valence-corrected chi connectivity index (χ4v) is 3.14. The summed E-state index contributed by atoms with van der Waals surface area (Å²) in [5.41, 5.74) is 8.74. The van der Waals surface area contributed by atoms with Crippen LogP contribution >= 0.6 is 22.7 Å². The standard InChI is InChI=1S/C11H14N4O2S2/c1-6-8(19-5-13-6)3-15(2)11-14-7(4-18-11)9(12)10(16)17/h4-5,9H,3,12H2,1-2H3,(H,16,17). The van der Waals surface area contributed by atoms with Crippen molar-refractivity contribution in [2.45, 2.75) is 19.5 Å². The summed E-state index contributed by atoms with van der Waals surface area (Å²) >= 11 is 2.98. The maximum absolute atomic E-state index is 10.8. The van der Waals surface area contributed by atoms with E-state index in [-0.39, 0.29) is 0 Å². The summed E-state index contributed by atoms with van der Waals surface area (Å²) in [5.74, 6) is -1.07. The van der Waals surface area contributed by atoms with E-state index >= 15 is 0 Å². The minimum Gasteiger partial charge on any atom is -0.480 e. The molecule has 0 aromatic carbocycles. The number of aliphatic carboxylic acids is 1. The molecule has 1 unspecified atom stereocenters. The molecule has 2 heterocycles. The number of carbonyl (C=O) groups is 1. The molecule has 0 bridgehead atoms. The molecule has 2 rings (SSSR count). The Labute approximate surface area is 118 Å². The molecule has 0 saturated carbocycles. The lowest BCUT2D eigenvalue weighted by Crippen LogP contribution is -2.21. The highest BCUT2D eigenvalue weighted by molar-refractivity contribution is 7.13. The van der Waals surface area contributed by atoms with Crippen LogP contribution < -0.4 is 10.6 Å². The monoisotopic (exact) mass is 298 g/mol. The van der Waals surface area contributed by atoms with Crippen LogP contribution in [0.4, 0.5) is 5.13 Å². The molecular weight excluding hydrogens is 284 g/mol. The first-order valence-corrected chi connectivity index (χ1v) is 7.29. The molecule has 102 valence electrons. The molecule has 1 atom stereocenters. The number of carboxylic acids is 1. The van der Waals surface area contributed by atoms with Crippen LogP contribution in [0.1, 0.15) is 22.3 Å². The van der Waals surface area contributed by atoms with Gasteiger partial charge >= 0.3 is 5.97 Å². The van der Waals surface area contributed by atoms with Gasteiger partial charge in [-0.2, -0.15) is 0 Å². The summed E-state index contributed by atoms with van der Waals surface area (Å²) < 4.78 is 0. The van der Waals surface area contributed by atoms with Crippen LogP contribution in [-0.4, -0.2) is 28.1 Å². The van der Waals surface area contributed by atoms with Crippen LogP contribution in [0.5, 0.6) is 0 Å². The van der Waals surface area contributed by atoms with Crippen LogP contribution in [0, 0.1) is 6.92 Å². The van der Waals surface area contributed by atoms with Gasteiger partial charge in [0.15, 0.2) is 5.13 Å². The lowest BCUT2D eigenvalue weighted by atomic mass is 10.2. The molecule has 0 aliphatic heterocycles. The fourth-order valence-electron chi connectivity index (χ4n) is 1.48. The molecule has 0 spiro atoms. The number of aromatic nitrogens is 2. The Hall–Kier alpha value is -1.51. The molecule has 0 radical (unpaired) electrons. The van der Waals surface area contributed by atoms with Crippen LogP contribution in [0.25, 0.3) is 0 Å². The molecule has 3 N–H and O–H groups in total. The highest BCUT2D eigenvalue weighted by Gasteiger charge is 2.19. The third kappa shape index (κ3) is 3.09. The average Bonchev–Trinajstić information content (AvgIpc) is 2.98. The van der Waals surface area contributed by atoms with Gasteiger partial charge in [-0.05, 0) is 6.92 Å². The zero-order chi connectivity index (χ0) is 14.0. The fraction of sp³-hybridized carbons (Fsp3) is 0.364. The second-order valence-corrected chi connectivity index (χ2v) is 5.86. The van der Waals surface area contributed by atoms with Gasteiger partial charge in [0.2, 0.25) is 0 Å². The maximum Gasteiger partial charge on any atom is 0.326 e. The third-order valence-electron chi connectivity index (χ3n) is 2.65. The summed E-state index contributed by atoms with van der Waals surface area (Å²) in [6, 6.07) is -1.07. The summed E-state index contributed by atoms with van der Waals surface area (Å²) in [6.45, 7) is 2.67. The normalized spacial score (nSPS) is 12.4. The smallest absolute Gasteiger partial charge is 0.326 e. The Kier molecular flexibility index (Phi) is 4.13. The predicted molar refractivity (Wildman–Crippen MR) is 75.6 cm³/mol. The number of nitrogens with two attached hydrogens (primary N) is 1. The predicted octanol–water partition coefficient (Wildman–Crippen LogP) is 1.63. The SMILES string of the molecule is Cc1ncsc1CN(C)c1nc(C(N)C(=O)O)cs1. The maximum atomic E-state index is 10.8. The highest BCUT2D eigenvalue weighted by atomic mass is 32.1. The van der Waals surface area contributed by atoms with E-state index in [1.807, 2.05) is 24.4 Å². The van der Waals surface area contributed by atoms with Gasteiger partial charge in [0, 0.05) is 17.3 Å². The van der Waals surface area contributed by atoms with Crippen molar-refractivity contribution in [3.8, 4) is 0 Å². The minimum absolute atomic E-state index is 0.389. The summed E-state index contributed by atoms with van der Waals surface area (Å²) in [4.78, 5) is 22.4. The lowest BCUT2D eigenvalue weighted by molar-refractivity contribution is -0.138. The Morgan fingerprint density at radius 2 is 2.32 bits per heavy atom. The van der Waals surface area contributed by atoms with E-state index in [2.05, 4.69) is 9.97 Å². The van der Waals surface area contributed by atoms with E-state index in [4.69, 9.17) is 10.8 Å². The molecule has 0 saturated heterocycles. The Morgan fingerprint density at radius 1 is 1.58 bits per heavy atom. The molecule has 6 nitrogen and oxygen atoms in total. The van der Waals surface area contributed by atoms with Gasteiger partial charge in [0.05, 0.1) is 23.4 Å². The lowest BCUT2D eigenvalue weighted by Gasteiger charge is -2.14. The van der Waals surface area contributed by atoms with Crippen molar-refractivity contribution >= 4 is 33.8 Å². The van der Waals surface area contributed by atoms with E-state index in [1.165, 1.54) is 16.2 Å². The van der Waals surface area contributed by atoms with Crippen LogP contribution in [-0.2, 0) is 11.3 Å². The summed E-state index contributed by atoms with van der Waals surface area (Å²) in [6.07, 6.45) is 0. The van der Waals surface area contributed by atoms with Crippen LogP contribution in [0.3, 0.4) is 0 Å². The van der Waals surface area contributed by atoms with Crippen LogP contribution in [0.2, 0.25) is 0 Å². The van der Waals surface area contributed by atoms with Crippen molar-refractivity contribution in [3.05, 3.63) is 27.2 Å². The summed E-state index contributed by atoms with van der Waals surface area (Å²) in [5, 5.41) is 11.3. The molecule has 8 heteroatoms. The number of hydrogen-bond donors (Lipinski definition) is 2. The zero-order valence-corrected chi connectivity index (χ0v) is 12.2. The number of hydrogen-bond acceptors (Lipinski definition) is 7. The van der Waals surface area contributed by atoms with Gasteiger partial charge in [0.25, 0.3) is 0 Å². The Morgan fingerprint density at radius 3 is 2.89 bits per heavy atom. The van der Waals surface area contributed by atoms with Crippen molar-refractivity contribution in [1.29, 1.82) is 0 Å². The van der Waals surface area contributed by atoms with E-state index in [1.54, 1.807) is 16.7 Å². The second-order valence-electron chi connectivity index (χ2n) is 4.09. The van der Waals surface area contributed by atoms with Gasteiger partial charge in [-0.3, -0.25) is 4.79 Å². The van der Waals surface area contributed by atoms with Gasteiger partial charge in [0.1, 0.15) is 6.04 Å². The van der Waals surface area contributed by atoms with Crippen molar-refractivity contribution in [2.75, 3.05) is 11.9 Å². The molecule has 2 aromatic heterocycles. The second kappa shape index (κ2) is 5.64. The van der Waals surface area contributed by atoms with Gasteiger partial charge in [-0.25, -0.2) is 9.97 Å². The number of thiazole rings is 2. The Bertz CT molecular complexity index is 581. The first-order chi connectivity index (χ1) is 8.99.